The SMILES string of the molecule is COc1ccc(NC(=O)[C@H](OC(=O)C(C)C)c2ccccc2)cc1Cl. The number of halogens is 1. The first-order valence-electron chi connectivity index (χ1n) is 7.82. The lowest BCUT2D eigenvalue weighted by atomic mass is 10.1. The minimum Gasteiger partial charge on any atom is -0.495 e. The molecule has 25 heavy (non-hydrogen) atoms. The second-order valence-electron chi connectivity index (χ2n) is 5.72. The fourth-order valence-corrected chi connectivity index (χ4v) is 2.36. The zero-order chi connectivity index (χ0) is 18.4. The first-order chi connectivity index (χ1) is 11.9. The number of hydrogen-bond donors (Lipinski definition) is 1. The highest BCUT2D eigenvalue weighted by molar-refractivity contribution is 6.32. The van der Waals surface area contributed by atoms with Crippen molar-refractivity contribution in [3.05, 3.63) is 59.1 Å². The Morgan fingerprint density at radius 1 is 1.08 bits per heavy atom. The summed E-state index contributed by atoms with van der Waals surface area (Å²) in [5.41, 5.74) is 1.07. The van der Waals surface area contributed by atoms with Crippen molar-refractivity contribution in [2.45, 2.75) is 20.0 Å². The lowest BCUT2D eigenvalue weighted by molar-refractivity contribution is -0.157. The number of carbonyl (C=O) groups excluding carboxylic acids is 2. The van der Waals surface area contributed by atoms with E-state index in [-0.39, 0.29) is 5.92 Å². The molecule has 0 aliphatic heterocycles. The monoisotopic (exact) mass is 361 g/mol. The zero-order valence-electron chi connectivity index (χ0n) is 14.3. The van der Waals surface area contributed by atoms with E-state index >= 15 is 0 Å². The largest absolute Gasteiger partial charge is 0.495 e. The van der Waals surface area contributed by atoms with Crippen LogP contribution >= 0.6 is 11.6 Å². The predicted octanol–water partition coefficient (Wildman–Crippen LogP) is 4.23. The van der Waals surface area contributed by atoms with Crippen LogP contribution in [-0.4, -0.2) is 19.0 Å². The van der Waals surface area contributed by atoms with E-state index in [1.165, 1.54) is 7.11 Å². The van der Waals surface area contributed by atoms with Crippen LogP contribution in [-0.2, 0) is 14.3 Å². The molecule has 1 atom stereocenters. The van der Waals surface area contributed by atoms with E-state index in [9.17, 15) is 9.59 Å². The molecule has 2 aromatic rings. The molecule has 2 rings (SSSR count). The minimum absolute atomic E-state index is 0.338. The molecule has 5 nitrogen and oxygen atoms in total. The number of ether oxygens (including phenoxy) is 2. The summed E-state index contributed by atoms with van der Waals surface area (Å²) in [5, 5.41) is 3.09. The van der Waals surface area contributed by atoms with E-state index in [0.717, 1.165) is 0 Å². The quantitative estimate of drug-likeness (QED) is 0.782. The van der Waals surface area contributed by atoms with Crippen LogP contribution in [0.2, 0.25) is 5.02 Å². The molecule has 0 fully saturated rings. The Kier molecular flexibility index (Phi) is 6.42. The van der Waals surface area contributed by atoms with Gasteiger partial charge in [-0.15, -0.1) is 0 Å². The molecule has 0 radical (unpaired) electrons. The molecule has 2 aromatic carbocycles. The summed E-state index contributed by atoms with van der Waals surface area (Å²) in [6.07, 6.45) is -1.04. The van der Waals surface area contributed by atoms with Crippen molar-refractivity contribution in [1.82, 2.24) is 0 Å². The smallest absolute Gasteiger partial charge is 0.309 e. The molecular formula is C19H20ClNO4. The highest BCUT2D eigenvalue weighted by Gasteiger charge is 2.26. The normalized spacial score (nSPS) is 11.7. The lowest BCUT2D eigenvalue weighted by Crippen LogP contribution is -2.27. The molecule has 0 unspecified atom stereocenters. The van der Waals surface area contributed by atoms with E-state index < -0.39 is 18.0 Å². The van der Waals surface area contributed by atoms with E-state index in [2.05, 4.69) is 5.32 Å². The molecule has 132 valence electrons. The predicted molar refractivity (Wildman–Crippen MR) is 96.7 cm³/mol. The van der Waals surface area contributed by atoms with Crippen LogP contribution in [0.25, 0.3) is 0 Å². The summed E-state index contributed by atoms with van der Waals surface area (Å²) in [4.78, 5) is 24.7. The van der Waals surface area contributed by atoms with Crippen molar-refractivity contribution >= 4 is 29.2 Å². The summed E-state index contributed by atoms with van der Waals surface area (Å²) in [7, 11) is 1.51. The van der Waals surface area contributed by atoms with Gasteiger partial charge < -0.3 is 14.8 Å². The van der Waals surface area contributed by atoms with Crippen molar-refractivity contribution in [1.29, 1.82) is 0 Å². The number of methoxy groups -OCH3 is 1. The average molecular weight is 362 g/mol. The van der Waals surface area contributed by atoms with Crippen LogP contribution in [0.5, 0.6) is 5.75 Å². The van der Waals surface area contributed by atoms with Crippen LogP contribution in [0.3, 0.4) is 0 Å². The second kappa shape index (κ2) is 8.53. The van der Waals surface area contributed by atoms with Gasteiger partial charge in [0.15, 0.2) is 0 Å². The molecule has 0 saturated carbocycles. The number of esters is 1. The molecule has 1 N–H and O–H groups in total. The molecule has 0 saturated heterocycles. The van der Waals surface area contributed by atoms with Crippen molar-refractivity contribution in [2.75, 3.05) is 12.4 Å². The van der Waals surface area contributed by atoms with Crippen LogP contribution < -0.4 is 10.1 Å². The lowest BCUT2D eigenvalue weighted by Gasteiger charge is -2.19. The second-order valence-corrected chi connectivity index (χ2v) is 6.13. The summed E-state index contributed by atoms with van der Waals surface area (Å²) < 4.78 is 10.5. The number of rotatable bonds is 6. The van der Waals surface area contributed by atoms with Gasteiger partial charge in [0.1, 0.15) is 5.75 Å². The maximum atomic E-state index is 12.7. The number of hydrogen-bond acceptors (Lipinski definition) is 4. The molecular weight excluding hydrogens is 342 g/mol. The van der Waals surface area contributed by atoms with Gasteiger partial charge in [-0.3, -0.25) is 9.59 Å². The van der Waals surface area contributed by atoms with Gasteiger partial charge in [-0.1, -0.05) is 55.8 Å². The fraction of sp³-hybridized carbons (Fsp3) is 0.263. The molecule has 0 bridgehead atoms. The Labute approximate surface area is 151 Å². The maximum absolute atomic E-state index is 12.7. The highest BCUT2D eigenvalue weighted by Crippen LogP contribution is 2.28. The first kappa shape index (κ1) is 18.8. The molecule has 6 heteroatoms. The van der Waals surface area contributed by atoms with Crippen molar-refractivity contribution in [2.24, 2.45) is 5.92 Å². The minimum atomic E-state index is -1.04. The molecule has 1 amide bonds. The van der Waals surface area contributed by atoms with Crippen LogP contribution in [0.15, 0.2) is 48.5 Å². The summed E-state index contributed by atoms with van der Waals surface area (Å²) in [6.45, 7) is 3.43. The topological polar surface area (TPSA) is 64.6 Å². The number of benzene rings is 2. The van der Waals surface area contributed by atoms with Crippen LogP contribution in [0.1, 0.15) is 25.5 Å². The van der Waals surface area contributed by atoms with Crippen molar-refractivity contribution < 1.29 is 19.1 Å². The average Bonchev–Trinajstić information content (AvgIpc) is 2.60. The van der Waals surface area contributed by atoms with Gasteiger partial charge in [0.25, 0.3) is 5.91 Å². The van der Waals surface area contributed by atoms with E-state index in [1.807, 2.05) is 6.07 Å². The van der Waals surface area contributed by atoms with E-state index in [1.54, 1.807) is 56.3 Å². The van der Waals surface area contributed by atoms with Gasteiger partial charge in [0.2, 0.25) is 6.10 Å². The molecule has 0 aromatic heterocycles. The number of carbonyl (C=O) groups is 2. The Morgan fingerprint density at radius 2 is 1.76 bits per heavy atom. The van der Waals surface area contributed by atoms with Gasteiger partial charge in [-0.25, -0.2) is 0 Å². The van der Waals surface area contributed by atoms with E-state index in [0.29, 0.717) is 22.0 Å². The molecule has 0 spiro atoms. The highest BCUT2D eigenvalue weighted by atomic mass is 35.5. The fourth-order valence-electron chi connectivity index (χ4n) is 2.10. The van der Waals surface area contributed by atoms with Crippen molar-refractivity contribution in [3.8, 4) is 5.75 Å². The zero-order valence-corrected chi connectivity index (χ0v) is 15.0. The first-order valence-corrected chi connectivity index (χ1v) is 8.20. The Hall–Kier alpha value is -2.53. The van der Waals surface area contributed by atoms with Gasteiger partial charge >= 0.3 is 5.97 Å². The van der Waals surface area contributed by atoms with Crippen LogP contribution in [0.4, 0.5) is 5.69 Å². The Morgan fingerprint density at radius 3 is 2.32 bits per heavy atom. The molecule has 0 aliphatic rings. The van der Waals surface area contributed by atoms with Gasteiger partial charge in [-0.05, 0) is 18.2 Å². The Bertz CT molecular complexity index is 746. The summed E-state index contributed by atoms with van der Waals surface area (Å²) in [6, 6.07) is 13.7. The van der Waals surface area contributed by atoms with Gasteiger partial charge in [0, 0.05) is 11.3 Å². The van der Waals surface area contributed by atoms with Gasteiger partial charge in [-0.2, -0.15) is 0 Å². The number of anilines is 1. The molecule has 0 heterocycles. The molecule has 0 aliphatic carbocycles. The van der Waals surface area contributed by atoms with Gasteiger partial charge in [0.05, 0.1) is 18.1 Å². The number of nitrogens with one attached hydrogen (secondary N) is 1. The summed E-state index contributed by atoms with van der Waals surface area (Å²) >= 11 is 6.07. The maximum Gasteiger partial charge on any atom is 0.309 e. The third kappa shape index (κ3) is 4.97. The van der Waals surface area contributed by atoms with E-state index in [4.69, 9.17) is 21.1 Å². The third-order valence-electron chi connectivity index (χ3n) is 3.47. The Balaban J connectivity index is 2.23. The standard InChI is InChI=1S/C19H20ClNO4/c1-12(2)19(23)25-17(13-7-5-4-6-8-13)18(22)21-14-9-10-16(24-3)15(20)11-14/h4-12,17H,1-3H3,(H,21,22)/t17-/m1/s1. The number of amides is 1. The summed E-state index contributed by atoms with van der Waals surface area (Å²) in [5.74, 6) is -0.738. The van der Waals surface area contributed by atoms with Crippen molar-refractivity contribution in [3.63, 3.8) is 0 Å². The van der Waals surface area contributed by atoms with Crippen LogP contribution in [0, 0.1) is 5.92 Å². The third-order valence-corrected chi connectivity index (χ3v) is 3.76.